The lowest BCUT2D eigenvalue weighted by atomic mass is 9.99. The molecule has 0 aliphatic carbocycles. The first kappa shape index (κ1) is 13.6. The van der Waals surface area contributed by atoms with Crippen molar-refractivity contribution in [3.05, 3.63) is 48.0 Å². The van der Waals surface area contributed by atoms with E-state index in [0.29, 0.717) is 0 Å². The molecule has 0 aromatic heterocycles. The lowest BCUT2D eigenvalue weighted by Gasteiger charge is -2.17. The van der Waals surface area contributed by atoms with Gasteiger partial charge >= 0.3 is 5.97 Å². The van der Waals surface area contributed by atoms with Crippen LogP contribution in [0.2, 0.25) is 0 Å². The highest BCUT2D eigenvalue weighted by atomic mass is 16.4. The van der Waals surface area contributed by atoms with Crippen LogP contribution in [0.4, 0.5) is 0 Å². The maximum atomic E-state index is 11.0. The molecule has 2 aromatic rings. The lowest BCUT2D eigenvalue weighted by molar-refractivity contribution is -0.137. The molecule has 0 aliphatic heterocycles. The zero-order valence-electron chi connectivity index (χ0n) is 11.1. The maximum absolute atomic E-state index is 11.0. The van der Waals surface area contributed by atoms with Gasteiger partial charge < -0.3 is 10.4 Å². The first-order valence-corrected chi connectivity index (χ1v) is 6.64. The third-order valence-electron chi connectivity index (χ3n) is 3.20. The largest absolute Gasteiger partial charge is 0.481 e. The van der Waals surface area contributed by atoms with E-state index in [1.165, 1.54) is 5.39 Å². The number of hydrogen-bond acceptors (Lipinski definition) is 2. The number of carboxylic acids is 1. The van der Waals surface area contributed by atoms with Crippen molar-refractivity contribution in [1.29, 1.82) is 0 Å². The van der Waals surface area contributed by atoms with Gasteiger partial charge in [0.25, 0.3) is 0 Å². The van der Waals surface area contributed by atoms with Crippen molar-refractivity contribution in [3.63, 3.8) is 0 Å². The van der Waals surface area contributed by atoms with Gasteiger partial charge in [-0.3, -0.25) is 4.79 Å². The van der Waals surface area contributed by atoms with Crippen LogP contribution in [0.5, 0.6) is 0 Å². The van der Waals surface area contributed by atoms with E-state index in [-0.39, 0.29) is 12.5 Å². The van der Waals surface area contributed by atoms with E-state index in [0.717, 1.165) is 23.9 Å². The molecule has 1 atom stereocenters. The molecule has 0 heterocycles. The summed E-state index contributed by atoms with van der Waals surface area (Å²) < 4.78 is 0. The fourth-order valence-corrected chi connectivity index (χ4v) is 2.23. The summed E-state index contributed by atoms with van der Waals surface area (Å²) >= 11 is 0. The molecule has 0 saturated heterocycles. The van der Waals surface area contributed by atoms with Gasteiger partial charge in [0.1, 0.15) is 0 Å². The van der Waals surface area contributed by atoms with Crippen LogP contribution in [-0.4, -0.2) is 17.6 Å². The summed E-state index contributed by atoms with van der Waals surface area (Å²) in [5.74, 6) is -0.776. The third-order valence-corrected chi connectivity index (χ3v) is 3.20. The zero-order chi connectivity index (χ0) is 13.7. The Bertz CT molecular complexity index is 565. The molecule has 19 heavy (non-hydrogen) atoms. The predicted octanol–water partition coefficient (Wildman–Crippen LogP) is 3.36. The van der Waals surface area contributed by atoms with Crippen molar-refractivity contribution in [1.82, 2.24) is 5.32 Å². The Balaban J connectivity index is 2.29. The Morgan fingerprint density at radius 2 is 1.95 bits per heavy atom. The topological polar surface area (TPSA) is 49.3 Å². The van der Waals surface area contributed by atoms with Gasteiger partial charge in [-0.2, -0.15) is 0 Å². The van der Waals surface area contributed by atoms with E-state index in [9.17, 15) is 4.79 Å². The minimum atomic E-state index is -0.776. The molecule has 0 spiro atoms. The summed E-state index contributed by atoms with van der Waals surface area (Å²) in [5, 5.41) is 14.6. The van der Waals surface area contributed by atoms with E-state index in [2.05, 4.69) is 30.4 Å². The number of hydrogen-bond donors (Lipinski definition) is 2. The summed E-state index contributed by atoms with van der Waals surface area (Å²) in [4.78, 5) is 11.0. The van der Waals surface area contributed by atoms with Crippen molar-refractivity contribution in [2.75, 3.05) is 6.54 Å². The van der Waals surface area contributed by atoms with Crippen LogP contribution < -0.4 is 5.32 Å². The summed E-state index contributed by atoms with van der Waals surface area (Å²) in [6.45, 7) is 2.90. The standard InChI is InChI=1S/C16H19NO2/c1-2-9-17-15(11-16(18)19)14-8-7-12-5-3-4-6-13(12)10-14/h3-8,10,15,17H,2,9,11H2,1H3,(H,18,19). The average Bonchev–Trinajstić information content (AvgIpc) is 2.42. The van der Waals surface area contributed by atoms with Crippen molar-refractivity contribution >= 4 is 16.7 Å². The van der Waals surface area contributed by atoms with E-state index in [1.54, 1.807) is 0 Å². The third kappa shape index (κ3) is 3.55. The Hall–Kier alpha value is -1.87. The van der Waals surface area contributed by atoms with Crippen LogP contribution in [0.15, 0.2) is 42.5 Å². The molecular weight excluding hydrogens is 238 g/mol. The number of carbonyl (C=O) groups is 1. The van der Waals surface area contributed by atoms with E-state index >= 15 is 0 Å². The quantitative estimate of drug-likeness (QED) is 0.834. The Morgan fingerprint density at radius 3 is 2.63 bits per heavy atom. The smallest absolute Gasteiger partial charge is 0.305 e. The first-order chi connectivity index (χ1) is 9.20. The molecule has 0 aliphatic rings. The lowest BCUT2D eigenvalue weighted by Crippen LogP contribution is -2.24. The Kier molecular flexibility index (Phi) is 4.53. The van der Waals surface area contributed by atoms with Gasteiger partial charge in [-0.15, -0.1) is 0 Å². The fraction of sp³-hybridized carbons (Fsp3) is 0.312. The number of benzene rings is 2. The van der Waals surface area contributed by atoms with Gasteiger partial charge in [-0.05, 0) is 35.4 Å². The highest BCUT2D eigenvalue weighted by molar-refractivity contribution is 5.83. The predicted molar refractivity (Wildman–Crippen MR) is 77.2 cm³/mol. The van der Waals surface area contributed by atoms with Gasteiger partial charge in [-0.25, -0.2) is 0 Å². The maximum Gasteiger partial charge on any atom is 0.305 e. The molecular formula is C16H19NO2. The second kappa shape index (κ2) is 6.34. The van der Waals surface area contributed by atoms with Crippen LogP contribution in [0.25, 0.3) is 10.8 Å². The zero-order valence-corrected chi connectivity index (χ0v) is 11.1. The minimum Gasteiger partial charge on any atom is -0.481 e. The highest BCUT2D eigenvalue weighted by Crippen LogP contribution is 2.22. The number of fused-ring (bicyclic) bond motifs is 1. The van der Waals surface area contributed by atoms with Crippen molar-refractivity contribution < 1.29 is 9.90 Å². The van der Waals surface area contributed by atoms with Crippen LogP contribution in [-0.2, 0) is 4.79 Å². The summed E-state index contributed by atoms with van der Waals surface area (Å²) in [5.41, 5.74) is 1.04. The highest BCUT2D eigenvalue weighted by Gasteiger charge is 2.14. The molecule has 2 N–H and O–H groups in total. The average molecular weight is 257 g/mol. The summed E-state index contributed by atoms with van der Waals surface area (Å²) in [7, 11) is 0. The van der Waals surface area contributed by atoms with Gasteiger partial charge in [-0.1, -0.05) is 43.3 Å². The summed E-state index contributed by atoms with van der Waals surface area (Å²) in [6, 6.07) is 14.1. The van der Waals surface area contributed by atoms with Gasteiger partial charge in [0.2, 0.25) is 0 Å². The molecule has 2 rings (SSSR count). The van der Waals surface area contributed by atoms with Crippen LogP contribution >= 0.6 is 0 Å². The van der Waals surface area contributed by atoms with Crippen LogP contribution in [0.1, 0.15) is 31.4 Å². The molecule has 0 bridgehead atoms. The van der Waals surface area contributed by atoms with Crippen molar-refractivity contribution in [2.45, 2.75) is 25.8 Å². The molecule has 2 aromatic carbocycles. The van der Waals surface area contributed by atoms with Gasteiger partial charge in [0.05, 0.1) is 6.42 Å². The first-order valence-electron chi connectivity index (χ1n) is 6.64. The van der Waals surface area contributed by atoms with E-state index in [4.69, 9.17) is 5.11 Å². The Labute approximate surface area is 113 Å². The minimum absolute atomic E-state index is 0.109. The molecule has 0 fully saturated rings. The monoisotopic (exact) mass is 257 g/mol. The normalized spacial score (nSPS) is 12.5. The molecule has 100 valence electrons. The SMILES string of the molecule is CCCNC(CC(=O)O)c1ccc2ccccc2c1. The Morgan fingerprint density at radius 1 is 1.21 bits per heavy atom. The molecule has 1 unspecified atom stereocenters. The molecule has 0 radical (unpaired) electrons. The van der Waals surface area contributed by atoms with Gasteiger partial charge in [0, 0.05) is 6.04 Å². The molecule has 0 amide bonds. The number of rotatable bonds is 6. The van der Waals surface area contributed by atoms with E-state index < -0.39 is 5.97 Å². The van der Waals surface area contributed by atoms with Crippen LogP contribution in [0.3, 0.4) is 0 Å². The number of carboxylic acid groups (broad SMARTS) is 1. The van der Waals surface area contributed by atoms with Crippen LogP contribution in [0, 0.1) is 0 Å². The molecule has 3 nitrogen and oxygen atoms in total. The molecule has 0 saturated carbocycles. The second-order valence-electron chi connectivity index (χ2n) is 4.71. The second-order valence-corrected chi connectivity index (χ2v) is 4.71. The van der Waals surface area contributed by atoms with Gasteiger partial charge in [0.15, 0.2) is 0 Å². The number of nitrogens with one attached hydrogen (secondary N) is 1. The van der Waals surface area contributed by atoms with Crippen molar-refractivity contribution in [3.8, 4) is 0 Å². The number of aliphatic carboxylic acids is 1. The van der Waals surface area contributed by atoms with E-state index in [1.807, 2.05) is 24.3 Å². The van der Waals surface area contributed by atoms with Crippen molar-refractivity contribution in [2.24, 2.45) is 0 Å². The fourth-order valence-electron chi connectivity index (χ4n) is 2.23. The molecule has 3 heteroatoms. The summed E-state index contributed by atoms with van der Waals surface area (Å²) in [6.07, 6.45) is 1.10.